The molecule has 8 nitrogen and oxygen atoms in total. The Morgan fingerprint density at radius 1 is 0.861 bits per heavy atom. The highest BCUT2D eigenvalue weighted by Gasteiger charge is 2.42. The van der Waals surface area contributed by atoms with Gasteiger partial charge in [-0.3, -0.25) is 4.57 Å². The highest BCUT2D eigenvalue weighted by Crippen LogP contribution is 2.56. The van der Waals surface area contributed by atoms with Crippen molar-refractivity contribution >= 4 is 19.7 Å². The molecule has 198 valence electrons. The number of amides is 1. The fraction of sp³-hybridized carbons (Fsp3) is 0.481. The van der Waals surface area contributed by atoms with Gasteiger partial charge in [-0.15, -0.1) is 0 Å². The summed E-state index contributed by atoms with van der Waals surface area (Å²) < 4.78 is 31.1. The van der Waals surface area contributed by atoms with E-state index in [2.05, 4.69) is 5.32 Å². The van der Waals surface area contributed by atoms with Crippen LogP contribution in [-0.2, 0) is 36.2 Å². The average Bonchev–Trinajstić information content (AvgIpc) is 2.74. The Morgan fingerprint density at radius 2 is 1.33 bits per heavy atom. The van der Waals surface area contributed by atoms with Crippen molar-refractivity contribution in [1.29, 1.82) is 0 Å². The van der Waals surface area contributed by atoms with Crippen molar-refractivity contribution in [2.45, 2.75) is 71.8 Å². The zero-order valence-corrected chi connectivity index (χ0v) is 22.8. The smallest absolute Gasteiger partial charge is 0.408 e. The van der Waals surface area contributed by atoms with Gasteiger partial charge < -0.3 is 24.2 Å². The summed E-state index contributed by atoms with van der Waals surface area (Å²) >= 11 is 0. The zero-order chi connectivity index (χ0) is 27.0. The Kier molecular flexibility index (Phi) is 10.3. The highest BCUT2D eigenvalue weighted by atomic mass is 31.2. The van der Waals surface area contributed by atoms with E-state index in [0.29, 0.717) is 0 Å². The molecule has 2 unspecified atom stereocenters. The maximum absolute atomic E-state index is 14.0. The van der Waals surface area contributed by atoms with Crippen LogP contribution < -0.4 is 5.32 Å². The van der Waals surface area contributed by atoms with Crippen LogP contribution in [0.1, 0.15) is 52.7 Å². The van der Waals surface area contributed by atoms with E-state index in [1.165, 1.54) is 0 Å². The Labute approximate surface area is 213 Å². The van der Waals surface area contributed by atoms with Gasteiger partial charge in [0.15, 0.2) is 0 Å². The van der Waals surface area contributed by atoms with E-state index < -0.39 is 42.8 Å². The lowest BCUT2D eigenvalue weighted by Crippen LogP contribution is -2.48. The van der Waals surface area contributed by atoms with Crippen LogP contribution in [0.2, 0.25) is 0 Å². The number of hydrogen-bond acceptors (Lipinski definition) is 6. The summed E-state index contributed by atoms with van der Waals surface area (Å²) in [4.78, 5) is 24.9. The van der Waals surface area contributed by atoms with Crippen LogP contribution >= 0.6 is 7.60 Å². The summed E-state index contributed by atoms with van der Waals surface area (Å²) in [5.41, 5.74) is -0.0224. The van der Waals surface area contributed by atoms with Gasteiger partial charge in [-0.25, -0.2) is 9.59 Å². The molecule has 0 saturated heterocycles. The summed E-state index contributed by atoms with van der Waals surface area (Å²) in [5.74, 6) is -2.09. The van der Waals surface area contributed by atoms with Crippen molar-refractivity contribution in [3.05, 3.63) is 71.8 Å². The summed E-state index contributed by atoms with van der Waals surface area (Å²) in [7, 11) is -3.81. The second-order valence-electron chi connectivity index (χ2n) is 10.7. The number of carbonyl (C=O) groups excluding carboxylic acids is 1. The lowest BCUT2D eigenvalue weighted by Gasteiger charge is -2.35. The number of hydrogen-bond donors (Lipinski definition) is 2. The minimum atomic E-state index is -3.81. The Hall–Kier alpha value is -2.67. The number of benzene rings is 2. The molecular formula is C27H38NO7P. The quantitative estimate of drug-likeness (QED) is 0.348. The van der Waals surface area contributed by atoms with Gasteiger partial charge in [0.2, 0.25) is 0 Å². The molecular weight excluding hydrogens is 481 g/mol. The van der Waals surface area contributed by atoms with E-state index in [-0.39, 0.29) is 19.2 Å². The third-order valence-electron chi connectivity index (χ3n) is 4.85. The normalized spacial score (nSPS) is 14.1. The van der Waals surface area contributed by atoms with Gasteiger partial charge >= 0.3 is 19.7 Å². The molecule has 1 amide bonds. The monoisotopic (exact) mass is 519 g/mol. The lowest BCUT2D eigenvalue weighted by atomic mass is 9.93. The fourth-order valence-corrected chi connectivity index (χ4v) is 6.46. The predicted molar refractivity (Wildman–Crippen MR) is 139 cm³/mol. The van der Waals surface area contributed by atoms with E-state index in [9.17, 15) is 19.3 Å². The first-order valence-electron chi connectivity index (χ1n) is 11.9. The summed E-state index contributed by atoms with van der Waals surface area (Å²) in [6.07, 6.45) is -0.874. The fourth-order valence-electron chi connectivity index (χ4n) is 3.69. The van der Waals surface area contributed by atoms with Crippen LogP contribution in [0.25, 0.3) is 0 Å². The molecule has 0 bridgehead atoms. The van der Waals surface area contributed by atoms with Crippen LogP contribution in [-0.4, -0.2) is 40.6 Å². The molecule has 2 aromatic carbocycles. The van der Waals surface area contributed by atoms with Crippen molar-refractivity contribution in [2.24, 2.45) is 5.92 Å². The number of carbonyl (C=O) groups is 2. The van der Waals surface area contributed by atoms with Crippen molar-refractivity contribution in [1.82, 2.24) is 5.32 Å². The number of rotatable bonds is 11. The molecule has 0 aliphatic rings. The van der Waals surface area contributed by atoms with Crippen molar-refractivity contribution in [3.63, 3.8) is 0 Å². The number of carboxylic acids is 1. The van der Waals surface area contributed by atoms with Crippen molar-refractivity contribution in [2.75, 3.05) is 6.16 Å². The zero-order valence-electron chi connectivity index (χ0n) is 21.9. The third kappa shape index (κ3) is 10.9. The Balaban J connectivity index is 2.33. The van der Waals surface area contributed by atoms with E-state index in [4.69, 9.17) is 13.8 Å². The van der Waals surface area contributed by atoms with E-state index in [1.54, 1.807) is 53.7 Å². The lowest BCUT2D eigenvalue weighted by molar-refractivity contribution is -0.140. The SMILES string of the molecule is CC(C)(C)OP(=O)(CC(Cc1ccccc1)C(NC(=O)OCc1ccccc1)C(=O)O)OC(C)(C)C. The molecule has 0 aliphatic carbocycles. The third-order valence-corrected chi connectivity index (χ3v) is 7.42. The van der Waals surface area contributed by atoms with Crippen LogP contribution in [0, 0.1) is 5.92 Å². The maximum atomic E-state index is 14.0. The van der Waals surface area contributed by atoms with Crippen LogP contribution in [0.3, 0.4) is 0 Å². The maximum Gasteiger partial charge on any atom is 0.408 e. The minimum Gasteiger partial charge on any atom is -0.480 e. The Morgan fingerprint density at radius 3 is 1.78 bits per heavy atom. The van der Waals surface area contributed by atoms with Crippen molar-refractivity contribution < 1.29 is 33.0 Å². The molecule has 0 aliphatic heterocycles. The highest BCUT2D eigenvalue weighted by molar-refractivity contribution is 7.53. The molecule has 9 heteroatoms. The number of carboxylic acid groups (broad SMARTS) is 1. The second-order valence-corrected chi connectivity index (χ2v) is 12.6. The van der Waals surface area contributed by atoms with Crippen molar-refractivity contribution in [3.8, 4) is 0 Å². The first-order valence-corrected chi connectivity index (χ1v) is 13.6. The minimum absolute atomic E-state index is 0.0128. The molecule has 2 aromatic rings. The van der Waals surface area contributed by atoms with E-state index in [0.717, 1.165) is 11.1 Å². The Bertz CT molecular complexity index is 1010. The molecule has 2 atom stereocenters. The topological polar surface area (TPSA) is 111 Å². The second kappa shape index (κ2) is 12.5. The average molecular weight is 520 g/mol. The van der Waals surface area contributed by atoms with E-state index >= 15 is 0 Å². The summed E-state index contributed by atoms with van der Waals surface area (Å²) in [5, 5.41) is 12.5. The molecule has 2 rings (SSSR count). The van der Waals surface area contributed by atoms with Gasteiger partial charge in [-0.05, 0) is 59.1 Å². The molecule has 0 heterocycles. The van der Waals surface area contributed by atoms with Crippen LogP contribution in [0.4, 0.5) is 4.79 Å². The molecule has 0 radical (unpaired) electrons. The van der Waals surface area contributed by atoms with Gasteiger partial charge in [0.1, 0.15) is 12.6 Å². The van der Waals surface area contributed by atoms with E-state index in [1.807, 2.05) is 48.5 Å². The number of aliphatic carboxylic acids is 1. The molecule has 36 heavy (non-hydrogen) atoms. The predicted octanol–water partition coefficient (Wildman–Crippen LogP) is 6.05. The molecule has 2 N–H and O–H groups in total. The molecule has 0 fully saturated rings. The van der Waals surface area contributed by atoms with Crippen LogP contribution in [0.5, 0.6) is 0 Å². The molecule has 0 spiro atoms. The number of ether oxygens (including phenoxy) is 1. The first kappa shape index (κ1) is 29.6. The van der Waals surface area contributed by atoms with Gasteiger partial charge in [0.05, 0.1) is 17.4 Å². The number of alkyl carbamates (subject to hydrolysis) is 1. The summed E-state index contributed by atoms with van der Waals surface area (Å²) in [6, 6.07) is 16.9. The standard InChI is InChI=1S/C27H38NO7P/c1-26(2,3)34-36(32,35-27(4,5)6)19-22(17-20-13-9-7-10-14-20)23(24(29)30)28-25(31)33-18-21-15-11-8-12-16-21/h7-16,22-23H,17-19H2,1-6H3,(H,28,31)(H,29,30). The summed E-state index contributed by atoms with van der Waals surface area (Å²) in [6.45, 7) is 10.5. The molecule has 0 saturated carbocycles. The largest absolute Gasteiger partial charge is 0.480 e. The van der Waals surface area contributed by atoms with Gasteiger partial charge in [-0.1, -0.05) is 60.7 Å². The molecule has 0 aromatic heterocycles. The van der Waals surface area contributed by atoms with Gasteiger partial charge in [0, 0.05) is 5.92 Å². The van der Waals surface area contributed by atoms with Gasteiger partial charge in [-0.2, -0.15) is 0 Å². The number of nitrogens with one attached hydrogen (secondary N) is 1. The first-order chi connectivity index (χ1) is 16.7. The van der Waals surface area contributed by atoms with Gasteiger partial charge in [0.25, 0.3) is 0 Å². The van der Waals surface area contributed by atoms with Crippen LogP contribution in [0.15, 0.2) is 60.7 Å².